The molecule has 0 saturated heterocycles. The minimum atomic E-state index is -1.08. The molecule has 4 aliphatic rings. The first-order valence-corrected chi connectivity index (χ1v) is 11.2. The van der Waals surface area contributed by atoms with Crippen molar-refractivity contribution < 1.29 is 29.0 Å². The molecule has 0 amide bonds. The first-order valence-electron chi connectivity index (χ1n) is 11.2. The predicted molar refractivity (Wildman–Crippen MR) is 116 cm³/mol. The highest BCUT2D eigenvalue weighted by Gasteiger charge is 2.77. The molecule has 172 valence electrons. The highest BCUT2D eigenvalue weighted by molar-refractivity contribution is 5.89. The standard InChI is InChI=1S/C25H36O6/c1-9-12(3)22(28)30-19-20(27)24(6,7)18-16-14(5)11-15(26)17(18)25(16,8)21(19)31-23(29)13(4)10-2/h9-10,14,16-21,27H,11H2,1-8H3/b12-9-,13-10-/t14-,16+,17-,18+,19-,20-,21-,25-/m1/s1. The van der Waals surface area contributed by atoms with Crippen molar-refractivity contribution in [2.24, 2.45) is 34.5 Å². The van der Waals surface area contributed by atoms with E-state index in [1.54, 1.807) is 39.8 Å². The maximum atomic E-state index is 13.2. The number of aliphatic hydroxyl groups is 1. The SMILES string of the molecule is C/C=C(/C)C(=O)O[C@@H]1[C@@H](O)C(C)(C)[C@H]2[C@@H]3[C@H](C)CC(=O)[C@H]2[C@]3(C)[C@@H]1OC(=O)/C(C)=C\C. The first-order chi connectivity index (χ1) is 14.3. The second-order valence-electron chi connectivity index (χ2n) is 10.4. The number of allylic oxidation sites excluding steroid dienone is 2. The van der Waals surface area contributed by atoms with Crippen LogP contribution in [0.2, 0.25) is 0 Å². The van der Waals surface area contributed by atoms with E-state index in [0.29, 0.717) is 17.6 Å². The van der Waals surface area contributed by atoms with Gasteiger partial charge in [0.25, 0.3) is 0 Å². The summed E-state index contributed by atoms with van der Waals surface area (Å²) in [6.45, 7) is 14.7. The Morgan fingerprint density at radius 3 is 2.00 bits per heavy atom. The van der Waals surface area contributed by atoms with Gasteiger partial charge in [0, 0.05) is 28.9 Å². The van der Waals surface area contributed by atoms with Crippen molar-refractivity contribution in [1.29, 1.82) is 0 Å². The van der Waals surface area contributed by atoms with Gasteiger partial charge in [0.15, 0.2) is 6.10 Å². The molecule has 0 spiro atoms. The van der Waals surface area contributed by atoms with E-state index in [1.165, 1.54) is 0 Å². The van der Waals surface area contributed by atoms with Crippen molar-refractivity contribution in [3.8, 4) is 0 Å². The Labute approximate surface area is 185 Å². The molecule has 31 heavy (non-hydrogen) atoms. The van der Waals surface area contributed by atoms with E-state index in [0.717, 1.165) is 0 Å². The van der Waals surface area contributed by atoms with E-state index in [1.807, 2.05) is 20.8 Å². The number of carbonyl (C=O) groups excluding carboxylic acids is 3. The van der Waals surface area contributed by atoms with Gasteiger partial charge in [-0.25, -0.2) is 9.59 Å². The largest absolute Gasteiger partial charge is 0.454 e. The normalized spacial score (nSPS) is 41.7. The Kier molecular flexibility index (Phi) is 6.02. The zero-order valence-corrected chi connectivity index (χ0v) is 19.9. The number of esters is 2. The zero-order valence-electron chi connectivity index (χ0n) is 19.9. The molecule has 0 aromatic rings. The summed E-state index contributed by atoms with van der Waals surface area (Å²) in [6.07, 6.45) is 0.728. The van der Waals surface area contributed by atoms with Gasteiger partial charge in [0.2, 0.25) is 0 Å². The molecule has 0 aromatic carbocycles. The molecule has 0 heterocycles. The van der Waals surface area contributed by atoms with Gasteiger partial charge in [-0.15, -0.1) is 0 Å². The third kappa shape index (κ3) is 3.29. The molecule has 8 atom stereocenters. The molecule has 4 bridgehead atoms. The number of ether oxygens (including phenoxy) is 2. The maximum absolute atomic E-state index is 13.2. The second kappa shape index (κ2) is 7.88. The predicted octanol–water partition coefficient (Wildman–Crippen LogP) is 3.62. The topological polar surface area (TPSA) is 89.9 Å². The molecule has 4 aliphatic carbocycles. The van der Waals surface area contributed by atoms with Gasteiger partial charge in [-0.1, -0.05) is 39.8 Å². The van der Waals surface area contributed by atoms with Crippen molar-refractivity contribution in [2.45, 2.75) is 80.1 Å². The van der Waals surface area contributed by atoms with Crippen LogP contribution in [0.4, 0.5) is 0 Å². The highest BCUT2D eigenvalue weighted by atomic mass is 16.6. The number of Topliss-reactive ketones (excluding diaryl/α,β-unsaturated/α-hetero) is 1. The fraction of sp³-hybridized carbons (Fsp3) is 0.720. The number of carbonyl (C=O) groups is 3. The van der Waals surface area contributed by atoms with Crippen molar-refractivity contribution in [3.05, 3.63) is 23.3 Å². The van der Waals surface area contributed by atoms with Crippen LogP contribution in [0.25, 0.3) is 0 Å². The molecule has 4 fully saturated rings. The summed E-state index contributed by atoms with van der Waals surface area (Å²) in [7, 11) is 0. The lowest BCUT2D eigenvalue weighted by Gasteiger charge is -2.68. The Hall–Kier alpha value is -1.95. The van der Waals surface area contributed by atoms with Gasteiger partial charge in [-0.05, 0) is 50.9 Å². The van der Waals surface area contributed by atoms with Gasteiger partial charge < -0.3 is 14.6 Å². The van der Waals surface area contributed by atoms with Crippen molar-refractivity contribution in [1.82, 2.24) is 0 Å². The van der Waals surface area contributed by atoms with E-state index < -0.39 is 41.1 Å². The van der Waals surface area contributed by atoms with Crippen molar-refractivity contribution >= 4 is 17.7 Å². The summed E-state index contributed by atoms with van der Waals surface area (Å²) in [5.41, 5.74) is -0.556. The molecular weight excluding hydrogens is 396 g/mol. The molecule has 0 aromatic heterocycles. The minimum absolute atomic E-state index is 0.0562. The third-order valence-electron chi connectivity index (χ3n) is 8.45. The van der Waals surface area contributed by atoms with E-state index in [9.17, 15) is 19.5 Å². The van der Waals surface area contributed by atoms with Crippen LogP contribution in [-0.2, 0) is 23.9 Å². The average Bonchev–Trinajstić information content (AvgIpc) is 2.78. The highest BCUT2D eigenvalue weighted by Crippen LogP contribution is 2.73. The van der Waals surface area contributed by atoms with Crippen LogP contribution in [0.1, 0.15) is 61.8 Å². The van der Waals surface area contributed by atoms with Crippen LogP contribution in [-0.4, -0.2) is 41.1 Å². The quantitative estimate of drug-likeness (QED) is 0.539. The molecule has 6 heteroatoms. The molecule has 0 unspecified atom stereocenters. The van der Waals surface area contributed by atoms with Crippen molar-refractivity contribution in [2.75, 3.05) is 0 Å². The Bertz CT molecular complexity index is 852. The first kappa shape index (κ1) is 23.7. The fourth-order valence-corrected chi connectivity index (χ4v) is 6.54. The molecule has 4 rings (SSSR count). The molecule has 0 aliphatic heterocycles. The Morgan fingerprint density at radius 1 is 1.00 bits per heavy atom. The van der Waals surface area contributed by atoms with Crippen LogP contribution >= 0.6 is 0 Å². The molecule has 4 saturated carbocycles. The van der Waals surface area contributed by atoms with Gasteiger partial charge in [0.1, 0.15) is 18.0 Å². The molecular formula is C25H36O6. The van der Waals surface area contributed by atoms with Gasteiger partial charge >= 0.3 is 11.9 Å². The molecule has 0 radical (unpaired) electrons. The average molecular weight is 433 g/mol. The maximum Gasteiger partial charge on any atom is 0.333 e. The summed E-state index contributed by atoms with van der Waals surface area (Å²) >= 11 is 0. The Morgan fingerprint density at radius 2 is 1.52 bits per heavy atom. The van der Waals surface area contributed by atoms with Crippen LogP contribution < -0.4 is 0 Å². The van der Waals surface area contributed by atoms with E-state index in [4.69, 9.17) is 9.47 Å². The lowest BCUT2D eigenvalue weighted by atomic mass is 9.35. The monoisotopic (exact) mass is 432 g/mol. The fourth-order valence-electron chi connectivity index (χ4n) is 6.54. The summed E-state index contributed by atoms with van der Waals surface area (Å²) in [4.78, 5) is 38.7. The summed E-state index contributed by atoms with van der Waals surface area (Å²) < 4.78 is 11.8. The molecule has 6 nitrogen and oxygen atoms in total. The number of hydrogen-bond acceptors (Lipinski definition) is 6. The smallest absolute Gasteiger partial charge is 0.333 e. The number of fused-ring (bicyclic) bond motifs is 3. The van der Waals surface area contributed by atoms with Crippen LogP contribution in [0.5, 0.6) is 0 Å². The van der Waals surface area contributed by atoms with Crippen LogP contribution in [0, 0.1) is 34.5 Å². The summed E-state index contributed by atoms with van der Waals surface area (Å²) in [6, 6.07) is 0. The van der Waals surface area contributed by atoms with Gasteiger partial charge in [-0.2, -0.15) is 0 Å². The number of aliphatic hydroxyl groups excluding tert-OH is 1. The van der Waals surface area contributed by atoms with E-state index in [-0.39, 0.29) is 29.5 Å². The summed E-state index contributed by atoms with van der Waals surface area (Å²) in [5.74, 6) is -1.16. The lowest BCUT2D eigenvalue weighted by Crippen LogP contribution is -2.71. The van der Waals surface area contributed by atoms with Crippen molar-refractivity contribution in [3.63, 3.8) is 0 Å². The van der Waals surface area contributed by atoms with E-state index in [2.05, 4.69) is 6.92 Å². The summed E-state index contributed by atoms with van der Waals surface area (Å²) in [5, 5.41) is 11.5. The van der Waals surface area contributed by atoms with Gasteiger partial charge in [0.05, 0.1) is 0 Å². The van der Waals surface area contributed by atoms with Crippen LogP contribution in [0.15, 0.2) is 23.3 Å². The zero-order chi connectivity index (χ0) is 23.5. The number of hydrogen-bond donors (Lipinski definition) is 1. The third-order valence-corrected chi connectivity index (χ3v) is 8.45. The molecule has 1 N–H and O–H groups in total. The Balaban J connectivity index is 2.15. The van der Waals surface area contributed by atoms with Gasteiger partial charge in [-0.3, -0.25) is 4.79 Å². The lowest BCUT2D eigenvalue weighted by molar-refractivity contribution is -0.242. The second-order valence-corrected chi connectivity index (χ2v) is 10.4. The number of rotatable bonds is 4. The minimum Gasteiger partial charge on any atom is -0.454 e. The van der Waals surface area contributed by atoms with Crippen LogP contribution in [0.3, 0.4) is 0 Å². The van der Waals surface area contributed by atoms with E-state index >= 15 is 0 Å². The number of ketones is 1.